The van der Waals surface area contributed by atoms with Gasteiger partial charge in [0.2, 0.25) is 0 Å². The van der Waals surface area contributed by atoms with E-state index in [1.165, 1.54) is 0 Å². The Kier molecular flexibility index (Phi) is 2.07. The molecule has 45 valence electrons. The number of rotatable bonds is 0. The molecule has 1 aliphatic rings. The van der Waals surface area contributed by atoms with Crippen LogP contribution in [0.2, 0.25) is 0 Å². The Morgan fingerprint density at radius 2 is 2.44 bits per heavy atom. The molecule has 0 aromatic carbocycles. The number of nitriles is 1. The molecule has 0 aliphatic heterocycles. The van der Waals surface area contributed by atoms with Gasteiger partial charge < -0.3 is 0 Å². The van der Waals surface area contributed by atoms with E-state index >= 15 is 0 Å². The average molecular weight is 183 g/mol. The molecule has 0 N–H and O–H groups in total. The summed E-state index contributed by atoms with van der Waals surface area (Å²) < 4.78 is 1.07. The SMILES string of the molecule is N#CC1=C[CH]CC(Br)=C1. The minimum atomic E-state index is 0.716. The highest BCUT2D eigenvalue weighted by Gasteiger charge is 2.00. The minimum absolute atomic E-state index is 0.716. The Labute approximate surface area is 62.8 Å². The molecule has 0 saturated carbocycles. The van der Waals surface area contributed by atoms with E-state index in [0.717, 1.165) is 10.9 Å². The first-order valence-electron chi connectivity index (χ1n) is 2.62. The van der Waals surface area contributed by atoms with Gasteiger partial charge in [-0.1, -0.05) is 22.0 Å². The summed E-state index contributed by atoms with van der Waals surface area (Å²) in [6.07, 6.45) is 6.53. The van der Waals surface area contributed by atoms with Crippen molar-refractivity contribution in [3.05, 3.63) is 28.6 Å². The van der Waals surface area contributed by atoms with E-state index in [4.69, 9.17) is 5.26 Å². The summed E-state index contributed by atoms with van der Waals surface area (Å²) in [6.45, 7) is 0. The van der Waals surface area contributed by atoms with Gasteiger partial charge in [-0.05, 0) is 23.4 Å². The third-order valence-corrected chi connectivity index (χ3v) is 1.60. The fourth-order valence-electron chi connectivity index (χ4n) is 0.644. The van der Waals surface area contributed by atoms with Crippen LogP contribution < -0.4 is 0 Å². The van der Waals surface area contributed by atoms with Crippen LogP contribution in [0.1, 0.15) is 6.42 Å². The number of allylic oxidation sites excluding steroid dienone is 4. The van der Waals surface area contributed by atoms with Gasteiger partial charge in [0.1, 0.15) is 0 Å². The molecule has 0 atom stereocenters. The van der Waals surface area contributed by atoms with Crippen LogP contribution in [0.4, 0.5) is 0 Å². The van der Waals surface area contributed by atoms with Crippen LogP contribution in [0.5, 0.6) is 0 Å². The second-order valence-corrected chi connectivity index (χ2v) is 2.78. The van der Waals surface area contributed by atoms with Crippen molar-refractivity contribution in [3.63, 3.8) is 0 Å². The van der Waals surface area contributed by atoms with Crippen LogP contribution in [-0.4, -0.2) is 0 Å². The van der Waals surface area contributed by atoms with E-state index in [9.17, 15) is 0 Å². The molecule has 1 radical (unpaired) electrons. The zero-order chi connectivity index (χ0) is 6.69. The van der Waals surface area contributed by atoms with E-state index in [2.05, 4.69) is 22.0 Å². The van der Waals surface area contributed by atoms with Crippen molar-refractivity contribution in [2.75, 3.05) is 0 Å². The Morgan fingerprint density at radius 3 is 2.89 bits per heavy atom. The number of hydrogen-bond donors (Lipinski definition) is 0. The summed E-state index contributed by atoms with van der Waals surface area (Å²) in [5.74, 6) is 0. The lowest BCUT2D eigenvalue weighted by molar-refractivity contribution is 1.23. The number of halogens is 1. The van der Waals surface area contributed by atoms with Crippen molar-refractivity contribution in [2.24, 2.45) is 0 Å². The van der Waals surface area contributed by atoms with Crippen molar-refractivity contribution >= 4 is 15.9 Å². The quantitative estimate of drug-likeness (QED) is 0.565. The molecule has 0 fully saturated rings. The van der Waals surface area contributed by atoms with Crippen LogP contribution in [0.3, 0.4) is 0 Å². The fourth-order valence-corrected chi connectivity index (χ4v) is 1.08. The minimum Gasteiger partial charge on any atom is -0.192 e. The Balaban J connectivity index is 2.78. The highest BCUT2D eigenvalue weighted by Crippen LogP contribution is 2.20. The standard InChI is InChI=1S/C7H5BrN/c8-7-3-1-2-6(4-7)5-9/h1-2,4H,3H2. The van der Waals surface area contributed by atoms with Crippen LogP contribution in [0, 0.1) is 17.8 Å². The lowest BCUT2D eigenvalue weighted by atomic mass is 10.1. The van der Waals surface area contributed by atoms with Gasteiger partial charge in [-0.25, -0.2) is 0 Å². The summed E-state index contributed by atoms with van der Waals surface area (Å²) in [6, 6.07) is 2.06. The smallest absolute Gasteiger partial charge is 0.0988 e. The van der Waals surface area contributed by atoms with Gasteiger partial charge in [0.05, 0.1) is 6.07 Å². The fraction of sp³-hybridized carbons (Fsp3) is 0.143. The summed E-state index contributed by atoms with van der Waals surface area (Å²) in [5.41, 5.74) is 0.716. The predicted octanol–water partition coefficient (Wildman–Crippen LogP) is 2.32. The van der Waals surface area contributed by atoms with E-state index in [0.29, 0.717) is 5.57 Å². The van der Waals surface area contributed by atoms with Crippen molar-refractivity contribution in [2.45, 2.75) is 6.42 Å². The number of nitrogens with zero attached hydrogens (tertiary/aromatic N) is 1. The largest absolute Gasteiger partial charge is 0.192 e. The maximum atomic E-state index is 8.41. The maximum absolute atomic E-state index is 8.41. The lowest BCUT2D eigenvalue weighted by Crippen LogP contribution is -1.84. The van der Waals surface area contributed by atoms with Crippen molar-refractivity contribution in [3.8, 4) is 6.07 Å². The van der Waals surface area contributed by atoms with Gasteiger partial charge in [-0.15, -0.1) is 0 Å². The third kappa shape index (κ3) is 1.69. The molecule has 9 heavy (non-hydrogen) atoms. The molecule has 0 saturated heterocycles. The highest BCUT2D eigenvalue weighted by molar-refractivity contribution is 9.11. The molecule has 2 heteroatoms. The molecule has 1 nitrogen and oxygen atoms in total. The molecule has 1 rings (SSSR count). The third-order valence-electron chi connectivity index (χ3n) is 1.05. The van der Waals surface area contributed by atoms with Crippen molar-refractivity contribution in [1.29, 1.82) is 5.26 Å². The molecule has 0 bridgehead atoms. The predicted molar refractivity (Wildman–Crippen MR) is 39.6 cm³/mol. The molecule has 0 heterocycles. The van der Waals surface area contributed by atoms with Crippen molar-refractivity contribution in [1.82, 2.24) is 0 Å². The molecule has 0 amide bonds. The Morgan fingerprint density at radius 1 is 1.67 bits per heavy atom. The Hall–Kier alpha value is -0.550. The maximum Gasteiger partial charge on any atom is 0.0988 e. The van der Waals surface area contributed by atoms with E-state index < -0.39 is 0 Å². The topological polar surface area (TPSA) is 23.8 Å². The second kappa shape index (κ2) is 2.84. The van der Waals surface area contributed by atoms with Crippen LogP contribution in [0.25, 0.3) is 0 Å². The summed E-state index contributed by atoms with van der Waals surface area (Å²) in [5, 5.41) is 8.41. The summed E-state index contributed by atoms with van der Waals surface area (Å²) >= 11 is 3.31. The normalized spacial score (nSPS) is 17.8. The molecule has 0 unspecified atom stereocenters. The van der Waals surface area contributed by atoms with E-state index in [1.54, 1.807) is 0 Å². The summed E-state index contributed by atoms with van der Waals surface area (Å²) in [7, 11) is 0. The second-order valence-electron chi connectivity index (χ2n) is 1.76. The van der Waals surface area contributed by atoms with Gasteiger partial charge in [0.15, 0.2) is 0 Å². The molecule has 1 aliphatic carbocycles. The van der Waals surface area contributed by atoms with Crippen LogP contribution in [0.15, 0.2) is 22.2 Å². The molecule has 0 aromatic rings. The zero-order valence-corrected chi connectivity index (χ0v) is 6.35. The van der Waals surface area contributed by atoms with Crippen LogP contribution in [-0.2, 0) is 0 Å². The number of hydrogen-bond acceptors (Lipinski definition) is 1. The molecular weight excluding hydrogens is 178 g/mol. The molecular formula is C7H5BrN. The first-order chi connectivity index (χ1) is 4.33. The zero-order valence-electron chi connectivity index (χ0n) is 4.76. The molecule has 0 spiro atoms. The van der Waals surface area contributed by atoms with E-state index in [-0.39, 0.29) is 0 Å². The summed E-state index contributed by atoms with van der Waals surface area (Å²) in [4.78, 5) is 0. The van der Waals surface area contributed by atoms with E-state index in [1.807, 2.05) is 18.6 Å². The average Bonchev–Trinajstić information content (AvgIpc) is 1.88. The van der Waals surface area contributed by atoms with Gasteiger partial charge in [0.25, 0.3) is 0 Å². The lowest BCUT2D eigenvalue weighted by Gasteiger charge is -2.00. The first kappa shape index (κ1) is 6.57. The Bertz CT molecular complexity index is 207. The van der Waals surface area contributed by atoms with Crippen LogP contribution >= 0.6 is 15.9 Å². The molecule has 0 aromatic heterocycles. The first-order valence-corrected chi connectivity index (χ1v) is 3.42. The van der Waals surface area contributed by atoms with Gasteiger partial charge in [-0.2, -0.15) is 5.26 Å². The van der Waals surface area contributed by atoms with Gasteiger partial charge in [-0.3, -0.25) is 0 Å². The highest BCUT2D eigenvalue weighted by atomic mass is 79.9. The van der Waals surface area contributed by atoms with Gasteiger partial charge in [0, 0.05) is 5.57 Å². The monoisotopic (exact) mass is 182 g/mol. The van der Waals surface area contributed by atoms with Gasteiger partial charge >= 0.3 is 0 Å². The van der Waals surface area contributed by atoms with Crippen molar-refractivity contribution < 1.29 is 0 Å².